The molecule has 1 atom stereocenters. The van der Waals surface area contributed by atoms with Gasteiger partial charge in [-0.15, -0.1) is 0 Å². The van der Waals surface area contributed by atoms with E-state index in [0.29, 0.717) is 12.2 Å². The van der Waals surface area contributed by atoms with Crippen LogP contribution in [-0.2, 0) is 19.1 Å². The van der Waals surface area contributed by atoms with Crippen molar-refractivity contribution < 1.29 is 19.1 Å². The van der Waals surface area contributed by atoms with Gasteiger partial charge < -0.3 is 15.2 Å². The van der Waals surface area contributed by atoms with Gasteiger partial charge in [-0.1, -0.05) is 13.2 Å². The van der Waals surface area contributed by atoms with Crippen LogP contribution in [0.2, 0.25) is 0 Å². The molecule has 1 rings (SSSR count). The van der Waals surface area contributed by atoms with E-state index in [0.717, 1.165) is 25.5 Å². The van der Waals surface area contributed by atoms with Crippen LogP contribution < -0.4 is 5.73 Å². The lowest BCUT2D eigenvalue weighted by atomic mass is 10.2. The smallest absolute Gasteiger partial charge is 0.333 e. The van der Waals surface area contributed by atoms with Gasteiger partial charge >= 0.3 is 5.97 Å². The van der Waals surface area contributed by atoms with Gasteiger partial charge in [0.05, 0.1) is 6.10 Å². The number of carbonyl (C=O) groups is 2. The van der Waals surface area contributed by atoms with Crippen LogP contribution in [0.1, 0.15) is 19.8 Å². The molecule has 1 amide bonds. The molecule has 1 aliphatic rings. The Hall–Kier alpha value is -1.62. The van der Waals surface area contributed by atoms with E-state index in [1.165, 1.54) is 0 Å². The summed E-state index contributed by atoms with van der Waals surface area (Å²) in [5.41, 5.74) is 4.97. The number of rotatable bonds is 4. The van der Waals surface area contributed by atoms with Crippen molar-refractivity contribution in [2.24, 2.45) is 5.73 Å². The van der Waals surface area contributed by atoms with E-state index >= 15 is 0 Å². The Morgan fingerprint density at radius 1 is 1.59 bits per heavy atom. The van der Waals surface area contributed by atoms with Crippen molar-refractivity contribution >= 4 is 11.9 Å². The van der Waals surface area contributed by atoms with E-state index in [2.05, 4.69) is 18.9 Å². The highest BCUT2D eigenvalue weighted by Crippen LogP contribution is 2.12. The van der Waals surface area contributed by atoms with Crippen molar-refractivity contribution in [3.8, 4) is 0 Å². The van der Waals surface area contributed by atoms with Gasteiger partial charge in [-0.25, -0.2) is 4.79 Å². The van der Waals surface area contributed by atoms with Crippen LogP contribution in [0.4, 0.5) is 0 Å². The number of nitrogens with two attached hydrogens (primary N) is 1. The van der Waals surface area contributed by atoms with Crippen molar-refractivity contribution in [3.63, 3.8) is 0 Å². The fourth-order valence-corrected chi connectivity index (χ4v) is 1.07. The standard InChI is InChI=1S/C9H14O3.C3H5NO/c1-7(2)9(10)12-6-8-4-3-5-11-8;1-2-3(4)5/h8H,1,3-6H2,2H3;2H,1H2,(H2,4,5). The molecule has 1 saturated heterocycles. The molecule has 0 spiro atoms. The molecule has 2 N–H and O–H groups in total. The first-order valence-electron chi connectivity index (χ1n) is 5.33. The number of hydrogen-bond donors (Lipinski definition) is 1. The van der Waals surface area contributed by atoms with E-state index < -0.39 is 5.91 Å². The van der Waals surface area contributed by atoms with Gasteiger partial charge in [0.2, 0.25) is 5.91 Å². The summed E-state index contributed by atoms with van der Waals surface area (Å²) in [5.74, 6) is -0.810. The van der Waals surface area contributed by atoms with E-state index in [1.807, 2.05) is 0 Å². The highest BCUT2D eigenvalue weighted by molar-refractivity contribution is 5.86. The lowest BCUT2D eigenvalue weighted by Crippen LogP contribution is -2.17. The molecule has 0 aromatic carbocycles. The zero-order chi connectivity index (χ0) is 13.3. The van der Waals surface area contributed by atoms with Crippen LogP contribution in [0.3, 0.4) is 0 Å². The lowest BCUT2D eigenvalue weighted by molar-refractivity contribution is -0.142. The van der Waals surface area contributed by atoms with Crippen LogP contribution >= 0.6 is 0 Å². The van der Waals surface area contributed by atoms with Crippen molar-refractivity contribution in [1.29, 1.82) is 0 Å². The Morgan fingerprint density at radius 3 is 2.53 bits per heavy atom. The quantitative estimate of drug-likeness (QED) is 0.587. The topological polar surface area (TPSA) is 78.6 Å². The molecule has 0 bridgehead atoms. The molecule has 1 aliphatic heterocycles. The summed E-state index contributed by atoms with van der Waals surface area (Å²) in [4.78, 5) is 20.4. The predicted octanol–water partition coefficient (Wildman–Crippen LogP) is 0.942. The minimum absolute atomic E-state index is 0.105. The van der Waals surface area contributed by atoms with Crippen LogP contribution in [-0.4, -0.2) is 31.2 Å². The fraction of sp³-hybridized carbons (Fsp3) is 0.500. The maximum absolute atomic E-state index is 10.9. The minimum atomic E-state index is -0.481. The molecule has 0 radical (unpaired) electrons. The summed E-state index contributed by atoms with van der Waals surface area (Å²) in [7, 11) is 0. The van der Waals surface area contributed by atoms with Gasteiger partial charge in [0.25, 0.3) is 0 Å². The van der Waals surface area contributed by atoms with Crippen LogP contribution in [0.5, 0.6) is 0 Å². The third kappa shape index (κ3) is 8.21. The summed E-state index contributed by atoms with van der Waals surface area (Å²) in [5, 5.41) is 0. The van der Waals surface area contributed by atoms with Crippen molar-refractivity contribution in [2.75, 3.05) is 13.2 Å². The number of esters is 1. The van der Waals surface area contributed by atoms with Gasteiger partial charge in [-0.2, -0.15) is 0 Å². The van der Waals surface area contributed by atoms with Gasteiger partial charge in [0, 0.05) is 12.2 Å². The number of hydrogen-bond acceptors (Lipinski definition) is 4. The maximum atomic E-state index is 10.9. The number of amides is 1. The van der Waals surface area contributed by atoms with E-state index in [1.54, 1.807) is 6.92 Å². The third-order valence-corrected chi connectivity index (χ3v) is 1.97. The molecule has 5 heteroatoms. The van der Waals surface area contributed by atoms with E-state index in [9.17, 15) is 9.59 Å². The molecular formula is C12H19NO4. The number of carbonyl (C=O) groups excluding carboxylic acids is 2. The molecule has 0 aromatic heterocycles. The molecule has 1 unspecified atom stereocenters. The van der Waals surface area contributed by atoms with Gasteiger partial charge in [-0.05, 0) is 25.8 Å². The largest absolute Gasteiger partial charge is 0.460 e. The minimum Gasteiger partial charge on any atom is -0.460 e. The van der Waals surface area contributed by atoms with E-state index in [4.69, 9.17) is 9.47 Å². The Kier molecular flexibility index (Phi) is 7.71. The molecule has 17 heavy (non-hydrogen) atoms. The van der Waals surface area contributed by atoms with Crippen LogP contribution in [0, 0.1) is 0 Å². The Balaban J connectivity index is 0.000000437. The number of primary amides is 1. The Bertz CT molecular complexity index is 293. The van der Waals surface area contributed by atoms with E-state index in [-0.39, 0.29) is 12.1 Å². The van der Waals surface area contributed by atoms with Gasteiger partial charge in [0.15, 0.2) is 0 Å². The van der Waals surface area contributed by atoms with Crippen LogP contribution in [0.25, 0.3) is 0 Å². The van der Waals surface area contributed by atoms with Gasteiger partial charge in [0.1, 0.15) is 6.61 Å². The summed E-state index contributed by atoms with van der Waals surface area (Å²) >= 11 is 0. The zero-order valence-corrected chi connectivity index (χ0v) is 10.1. The summed E-state index contributed by atoms with van der Waals surface area (Å²) in [6, 6.07) is 0. The lowest BCUT2D eigenvalue weighted by Gasteiger charge is -2.09. The molecule has 0 aliphatic carbocycles. The molecular weight excluding hydrogens is 222 g/mol. The van der Waals surface area contributed by atoms with Gasteiger partial charge in [-0.3, -0.25) is 4.79 Å². The summed E-state index contributed by atoms with van der Waals surface area (Å²) in [6.45, 7) is 9.36. The SMILES string of the molecule is C=C(C)C(=O)OCC1CCCO1.C=CC(N)=O. The third-order valence-electron chi connectivity index (χ3n) is 1.97. The summed E-state index contributed by atoms with van der Waals surface area (Å²) in [6.07, 6.45) is 3.21. The highest BCUT2D eigenvalue weighted by atomic mass is 16.6. The maximum Gasteiger partial charge on any atom is 0.333 e. The first kappa shape index (κ1) is 15.4. The van der Waals surface area contributed by atoms with Crippen molar-refractivity contribution in [1.82, 2.24) is 0 Å². The van der Waals surface area contributed by atoms with Crippen LogP contribution in [0.15, 0.2) is 24.8 Å². The predicted molar refractivity (Wildman–Crippen MR) is 64.1 cm³/mol. The average molecular weight is 241 g/mol. The molecule has 96 valence electrons. The second kappa shape index (κ2) is 8.52. The summed E-state index contributed by atoms with van der Waals surface area (Å²) < 4.78 is 10.2. The molecule has 1 heterocycles. The average Bonchev–Trinajstić information content (AvgIpc) is 2.79. The molecule has 0 aromatic rings. The molecule has 1 fully saturated rings. The monoisotopic (exact) mass is 241 g/mol. The Morgan fingerprint density at radius 2 is 2.18 bits per heavy atom. The first-order chi connectivity index (χ1) is 7.97. The van der Waals surface area contributed by atoms with Crippen molar-refractivity contribution in [2.45, 2.75) is 25.9 Å². The fourth-order valence-electron chi connectivity index (χ4n) is 1.07. The second-order valence-corrected chi connectivity index (χ2v) is 3.62. The molecule has 0 saturated carbocycles. The molecule has 5 nitrogen and oxygen atoms in total. The normalized spacial score (nSPS) is 17.6. The Labute approximate surface area is 101 Å². The number of ether oxygens (including phenoxy) is 2. The zero-order valence-electron chi connectivity index (χ0n) is 10.1. The highest BCUT2D eigenvalue weighted by Gasteiger charge is 2.17. The van der Waals surface area contributed by atoms with Crippen molar-refractivity contribution in [3.05, 3.63) is 24.8 Å². The first-order valence-corrected chi connectivity index (χ1v) is 5.33. The second-order valence-electron chi connectivity index (χ2n) is 3.62.